The van der Waals surface area contributed by atoms with E-state index in [9.17, 15) is 28.8 Å². The highest BCUT2D eigenvalue weighted by Crippen LogP contribution is 2.37. The van der Waals surface area contributed by atoms with E-state index in [2.05, 4.69) is 11.9 Å². The van der Waals surface area contributed by atoms with E-state index in [1.165, 1.54) is 6.08 Å². The summed E-state index contributed by atoms with van der Waals surface area (Å²) in [6.07, 6.45) is -6.42. The number of esters is 5. The summed E-state index contributed by atoms with van der Waals surface area (Å²) in [4.78, 5) is 71.4. The van der Waals surface area contributed by atoms with Crippen molar-refractivity contribution in [3.63, 3.8) is 0 Å². The van der Waals surface area contributed by atoms with Gasteiger partial charge in [-0.25, -0.2) is 4.79 Å². The summed E-state index contributed by atoms with van der Waals surface area (Å²) in [5.41, 5.74) is 0. The van der Waals surface area contributed by atoms with Gasteiger partial charge in [0.05, 0.1) is 12.5 Å². The topological polar surface area (TPSA) is 170 Å². The molecule has 13 nitrogen and oxygen atoms in total. The van der Waals surface area contributed by atoms with Crippen molar-refractivity contribution in [2.75, 3.05) is 13.2 Å². The maximum absolute atomic E-state index is 15.9. The lowest BCUT2D eigenvalue weighted by Crippen LogP contribution is -2.67. The molecule has 0 spiro atoms. The van der Waals surface area contributed by atoms with E-state index >= 15 is 4.39 Å². The highest BCUT2D eigenvalue weighted by molar-refractivity contribution is 5.79. The Morgan fingerprint density at radius 1 is 1.00 bits per heavy atom. The zero-order valence-electron chi connectivity index (χ0n) is 20.6. The molecule has 1 aliphatic heterocycles. The first-order valence-corrected chi connectivity index (χ1v) is 10.8. The number of amides is 1. The minimum absolute atomic E-state index is 0.387. The Kier molecular flexibility index (Phi) is 11.4. The number of hydrogen-bond donors (Lipinski definition) is 1. The largest absolute Gasteiger partial charge is 0.462 e. The van der Waals surface area contributed by atoms with E-state index in [1.54, 1.807) is 0 Å². The van der Waals surface area contributed by atoms with Crippen LogP contribution in [0.25, 0.3) is 0 Å². The lowest BCUT2D eigenvalue weighted by molar-refractivity contribution is -0.275. The fourth-order valence-corrected chi connectivity index (χ4v) is 3.47. The number of carbonyl (C=O) groups excluding carboxylic acids is 6. The van der Waals surface area contributed by atoms with Gasteiger partial charge in [-0.05, 0) is 0 Å². The van der Waals surface area contributed by atoms with Crippen LogP contribution in [0, 0.1) is 0 Å². The molecule has 1 heterocycles. The molecule has 0 aromatic heterocycles. The molecular formula is C22H30FNO12. The second kappa shape index (κ2) is 13.5. The van der Waals surface area contributed by atoms with E-state index in [0.717, 1.165) is 34.6 Å². The second-order valence-corrected chi connectivity index (χ2v) is 7.80. The van der Waals surface area contributed by atoms with E-state index in [1.807, 2.05) is 0 Å². The van der Waals surface area contributed by atoms with Gasteiger partial charge < -0.3 is 33.7 Å². The number of alkyl halides is 1. The smallest absolute Gasteiger partial charge is 0.372 e. The van der Waals surface area contributed by atoms with Crippen LogP contribution in [0.3, 0.4) is 0 Å². The predicted octanol–water partition coefficient (Wildman–Crippen LogP) is 0.0332. The molecule has 6 atom stereocenters. The summed E-state index contributed by atoms with van der Waals surface area (Å²) in [5, 5.41) is 2.42. The molecule has 1 aliphatic rings. The van der Waals surface area contributed by atoms with Crippen molar-refractivity contribution >= 4 is 35.8 Å². The quantitative estimate of drug-likeness (QED) is 0.221. The highest BCUT2D eigenvalue weighted by Gasteiger charge is 2.59. The highest BCUT2D eigenvalue weighted by atomic mass is 19.2. The third-order valence-corrected chi connectivity index (χ3v) is 4.63. The minimum Gasteiger partial charge on any atom is -0.462 e. The summed E-state index contributed by atoms with van der Waals surface area (Å²) >= 11 is 0. The van der Waals surface area contributed by atoms with Crippen LogP contribution in [0.5, 0.6) is 0 Å². The normalized spacial score (nSPS) is 24.8. The van der Waals surface area contributed by atoms with Gasteiger partial charge in [0.15, 0.2) is 12.2 Å². The fourth-order valence-electron chi connectivity index (χ4n) is 3.47. The van der Waals surface area contributed by atoms with Crippen molar-refractivity contribution in [1.29, 1.82) is 0 Å². The molecule has 1 N–H and O–H groups in total. The van der Waals surface area contributed by atoms with Gasteiger partial charge in [0, 0.05) is 34.6 Å². The van der Waals surface area contributed by atoms with Crippen LogP contribution < -0.4 is 5.32 Å². The van der Waals surface area contributed by atoms with Crippen LogP contribution in [0.2, 0.25) is 0 Å². The minimum atomic E-state index is -3.26. The van der Waals surface area contributed by atoms with Crippen LogP contribution >= 0.6 is 0 Å². The number of ether oxygens (including phenoxy) is 6. The fraction of sp³-hybridized carbons (Fsp3) is 0.636. The standard InChI is InChI=1S/C22H30FNO12/c1-7-8-31-21(30)22(23)9-16(33-13(4)27)18(24-11(2)25)20(36-22)19(35-15(6)29)17(34-14(5)28)10-32-12(3)26/h7,16-20H,1,8-10H2,2-6H3,(H,24,25)/t16-,17+,18+,19+,20+,22+/m0/s1. The molecule has 0 radical (unpaired) electrons. The average molecular weight is 519 g/mol. The van der Waals surface area contributed by atoms with Gasteiger partial charge in [-0.15, -0.1) is 0 Å². The van der Waals surface area contributed by atoms with Crippen molar-refractivity contribution in [3.05, 3.63) is 12.7 Å². The summed E-state index contributed by atoms with van der Waals surface area (Å²) in [6.45, 7) is 7.45. The van der Waals surface area contributed by atoms with Gasteiger partial charge >= 0.3 is 35.7 Å². The summed E-state index contributed by atoms with van der Waals surface area (Å²) < 4.78 is 46.5. The zero-order valence-corrected chi connectivity index (χ0v) is 20.6. The molecule has 1 amide bonds. The lowest BCUT2D eigenvalue weighted by Gasteiger charge is -2.46. The molecule has 0 aromatic carbocycles. The third-order valence-electron chi connectivity index (χ3n) is 4.63. The Hall–Kier alpha value is -3.55. The van der Waals surface area contributed by atoms with Gasteiger partial charge in [0.1, 0.15) is 25.4 Å². The summed E-state index contributed by atoms with van der Waals surface area (Å²) in [7, 11) is 0. The number of halogens is 1. The van der Waals surface area contributed by atoms with Crippen molar-refractivity contribution in [2.24, 2.45) is 0 Å². The van der Waals surface area contributed by atoms with E-state index in [0.29, 0.717) is 0 Å². The molecule has 36 heavy (non-hydrogen) atoms. The second-order valence-electron chi connectivity index (χ2n) is 7.80. The van der Waals surface area contributed by atoms with Crippen LogP contribution in [-0.4, -0.2) is 85.3 Å². The Balaban J connectivity index is 3.66. The molecule has 202 valence electrons. The van der Waals surface area contributed by atoms with Crippen LogP contribution in [0.1, 0.15) is 41.0 Å². The molecule has 0 unspecified atom stereocenters. The predicted molar refractivity (Wildman–Crippen MR) is 115 cm³/mol. The Bertz CT molecular complexity index is 877. The third kappa shape index (κ3) is 9.24. The van der Waals surface area contributed by atoms with Crippen LogP contribution in [0.4, 0.5) is 4.39 Å². The molecule has 14 heteroatoms. The van der Waals surface area contributed by atoms with Gasteiger partial charge in [0.25, 0.3) is 0 Å². The van der Waals surface area contributed by atoms with Crippen LogP contribution in [0.15, 0.2) is 12.7 Å². The Morgan fingerprint density at radius 3 is 2.08 bits per heavy atom. The van der Waals surface area contributed by atoms with Gasteiger partial charge in [-0.1, -0.05) is 12.7 Å². The van der Waals surface area contributed by atoms with Crippen molar-refractivity contribution in [2.45, 2.75) is 77.4 Å². The first-order chi connectivity index (χ1) is 16.7. The number of nitrogens with one attached hydrogen (secondary N) is 1. The maximum Gasteiger partial charge on any atom is 0.372 e. The summed E-state index contributed by atoms with van der Waals surface area (Å²) in [6, 6.07) is -1.41. The van der Waals surface area contributed by atoms with E-state index < -0.39 is 85.1 Å². The number of hydrogen-bond acceptors (Lipinski definition) is 12. The SMILES string of the molecule is C=CCOC(=O)[C@@]1(F)C[C@H](OC(C)=O)[C@@H](NC(C)=O)[C@H]([C@H](OC(C)=O)[C@@H](COC(C)=O)OC(C)=O)O1. The van der Waals surface area contributed by atoms with Crippen molar-refractivity contribution in [1.82, 2.24) is 5.32 Å². The van der Waals surface area contributed by atoms with Gasteiger partial charge in [-0.2, -0.15) is 4.39 Å². The van der Waals surface area contributed by atoms with Crippen molar-refractivity contribution < 1.29 is 61.6 Å². The Labute approximate surface area is 206 Å². The molecule has 0 bridgehead atoms. The first-order valence-electron chi connectivity index (χ1n) is 10.8. The van der Waals surface area contributed by atoms with E-state index in [-0.39, 0.29) is 6.61 Å². The zero-order chi connectivity index (χ0) is 27.6. The lowest BCUT2D eigenvalue weighted by atomic mass is 9.88. The molecular weight excluding hydrogens is 489 g/mol. The molecule has 0 aromatic rings. The average Bonchev–Trinajstić information content (AvgIpc) is 2.74. The molecule has 1 saturated heterocycles. The van der Waals surface area contributed by atoms with Gasteiger partial charge in [-0.3, -0.25) is 24.0 Å². The molecule has 0 saturated carbocycles. The molecule has 1 fully saturated rings. The number of rotatable bonds is 11. The molecule has 0 aliphatic carbocycles. The number of carbonyl (C=O) groups is 6. The maximum atomic E-state index is 15.9. The van der Waals surface area contributed by atoms with Crippen molar-refractivity contribution in [3.8, 4) is 0 Å². The summed E-state index contributed by atoms with van der Waals surface area (Å²) in [5.74, 6) is -9.00. The molecule has 1 rings (SSSR count). The monoisotopic (exact) mass is 519 g/mol. The first kappa shape index (κ1) is 30.5. The Morgan fingerprint density at radius 2 is 1.61 bits per heavy atom. The van der Waals surface area contributed by atoms with Gasteiger partial charge in [0.2, 0.25) is 5.91 Å². The van der Waals surface area contributed by atoms with Crippen LogP contribution in [-0.2, 0) is 57.2 Å². The van der Waals surface area contributed by atoms with E-state index in [4.69, 9.17) is 28.4 Å².